The first-order valence-corrected chi connectivity index (χ1v) is 10.3. The first-order chi connectivity index (χ1) is 14.2. The van der Waals surface area contributed by atoms with Crippen LogP contribution >= 0.6 is 0 Å². The van der Waals surface area contributed by atoms with Gasteiger partial charge in [0.15, 0.2) is 0 Å². The molecule has 0 radical (unpaired) electrons. The van der Waals surface area contributed by atoms with Crippen molar-refractivity contribution in [2.45, 2.75) is 57.7 Å². The van der Waals surface area contributed by atoms with Crippen molar-refractivity contribution >= 4 is 5.82 Å². The fraction of sp³-hybridized carbons (Fsp3) is 0.375. The SMILES string of the molecule is CC1(C)CC(Nc2cnc(-c3ccc(-c4cccnc4)cc3O)cn2)CC(C)(C)N1. The van der Waals surface area contributed by atoms with Gasteiger partial charge in [-0.3, -0.25) is 9.97 Å². The second-order valence-corrected chi connectivity index (χ2v) is 9.40. The van der Waals surface area contributed by atoms with E-state index in [4.69, 9.17) is 0 Å². The first kappa shape index (κ1) is 20.3. The van der Waals surface area contributed by atoms with Crippen LogP contribution in [0.15, 0.2) is 55.1 Å². The number of nitrogens with zero attached hydrogens (tertiary/aromatic N) is 3. The highest BCUT2D eigenvalue weighted by molar-refractivity contribution is 5.73. The Balaban J connectivity index is 1.50. The van der Waals surface area contributed by atoms with Crippen LogP contribution in [0.4, 0.5) is 5.82 Å². The molecule has 0 spiro atoms. The molecule has 1 fully saturated rings. The van der Waals surface area contributed by atoms with E-state index in [9.17, 15) is 5.11 Å². The third kappa shape index (κ3) is 4.60. The number of benzene rings is 1. The molecule has 0 bridgehead atoms. The van der Waals surface area contributed by atoms with Gasteiger partial charge in [0, 0.05) is 40.6 Å². The lowest BCUT2D eigenvalue weighted by atomic mass is 9.79. The van der Waals surface area contributed by atoms with E-state index >= 15 is 0 Å². The number of hydrogen-bond donors (Lipinski definition) is 3. The van der Waals surface area contributed by atoms with Gasteiger partial charge >= 0.3 is 0 Å². The number of piperidine rings is 1. The van der Waals surface area contributed by atoms with Crippen molar-refractivity contribution < 1.29 is 5.11 Å². The minimum atomic E-state index is 0.0641. The van der Waals surface area contributed by atoms with E-state index in [2.05, 4.69) is 53.3 Å². The highest BCUT2D eigenvalue weighted by Gasteiger charge is 2.37. The van der Waals surface area contributed by atoms with Crippen LogP contribution in [-0.4, -0.2) is 37.2 Å². The lowest BCUT2D eigenvalue weighted by Crippen LogP contribution is -2.60. The van der Waals surface area contributed by atoms with Gasteiger partial charge in [0.25, 0.3) is 0 Å². The minimum Gasteiger partial charge on any atom is -0.507 e. The Morgan fingerprint density at radius 2 is 1.73 bits per heavy atom. The molecule has 0 unspecified atom stereocenters. The second kappa shape index (κ2) is 7.69. The Morgan fingerprint density at radius 1 is 0.967 bits per heavy atom. The molecule has 1 aromatic carbocycles. The summed E-state index contributed by atoms with van der Waals surface area (Å²) in [5.74, 6) is 0.928. The Hall–Kier alpha value is -2.99. The molecule has 3 heterocycles. The highest BCUT2D eigenvalue weighted by atomic mass is 16.3. The Morgan fingerprint density at radius 3 is 2.33 bits per heavy atom. The monoisotopic (exact) mass is 403 g/mol. The van der Waals surface area contributed by atoms with E-state index in [1.165, 1.54) is 0 Å². The van der Waals surface area contributed by atoms with Crippen LogP contribution < -0.4 is 10.6 Å². The number of anilines is 1. The van der Waals surface area contributed by atoms with Crippen molar-refractivity contribution in [3.8, 4) is 28.1 Å². The highest BCUT2D eigenvalue weighted by Crippen LogP contribution is 2.33. The van der Waals surface area contributed by atoms with Gasteiger partial charge in [-0.15, -0.1) is 0 Å². The zero-order chi connectivity index (χ0) is 21.4. The lowest BCUT2D eigenvalue weighted by Gasteiger charge is -2.46. The Bertz CT molecular complexity index is 1000. The zero-order valence-corrected chi connectivity index (χ0v) is 18.0. The van der Waals surface area contributed by atoms with Crippen LogP contribution in [0.25, 0.3) is 22.4 Å². The molecule has 4 rings (SSSR count). The average molecular weight is 404 g/mol. The zero-order valence-electron chi connectivity index (χ0n) is 18.0. The number of phenols is 1. The third-order valence-electron chi connectivity index (χ3n) is 5.46. The Kier molecular flexibility index (Phi) is 5.20. The lowest BCUT2D eigenvalue weighted by molar-refractivity contribution is 0.170. The summed E-state index contributed by atoms with van der Waals surface area (Å²) < 4.78 is 0. The van der Waals surface area contributed by atoms with E-state index in [1.54, 1.807) is 30.9 Å². The predicted octanol–water partition coefficient (Wildman–Crippen LogP) is 4.63. The summed E-state index contributed by atoms with van der Waals surface area (Å²) in [6, 6.07) is 9.72. The molecule has 1 aliphatic rings. The number of pyridine rings is 1. The van der Waals surface area contributed by atoms with Crippen LogP contribution in [0.3, 0.4) is 0 Å². The number of phenolic OH excluding ortho intramolecular Hbond substituents is 1. The summed E-state index contributed by atoms with van der Waals surface area (Å²) >= 11 is 0. The van der Waals surface area contributed by atoms with Gasteiger partial charge < -0.3 is 15.7 Å². The van der Waals surface area contributed by atoms with E-state index < -0.39 is 0 Å². The largest absolute Gasteiger partial charge is 0.507 e. The Labute approximate surface area is 177 Å². The van der Waals surface area contributed by atoms with Crippen molar-refractivity contribution in [2.24, 2.45) is 0 Å². The average Bonchev–Trinajstić information content (AvgIpc) is 2.67. The van der Waals surface area contributed by atoms with Gasteiger partial charge in [0.05, 0.1) is 18.1 Å². The fourth-order valence-electron chi connectivity index (χ4n) is 4.64. The molecule has 3 aromatic rings. The molecule has 6 heteroatoms. The summed E-state index contributed by atoms with van der Waals surface area (Å²) in [5.41, 5.74) is 3.29. The van der Waals surface area contributed by atoms with Gasteiger partial charge in [0.2, 0.25) is 0 Å². The molecule has 1 saturated heterocycles. The second-order valence-electron chi connectivity index (χ2n) is 9.40. The molecule has 1 aliphatic heterocycles. The van der Waals surface area contributed by atoms with E-state index in [0.717, 1.165) is 29.8 Å². The predicted molar refractivity (Wildman–Crippen MR) is 120 cm³/mol. The van der Waals surface area contributed by atoms with Crippen LogP contribution in [0.5, 0.6) is 5.75 Å². The first-order valence-electron chi connectivity index (χ1n) is 10.3. The number of aromatic nitrogens is 3. The maximum absolute atomic E-state index is 10.5. The summed E-state index contributed by atoms with van der Waals surface area (Å²) in [6.45, 7) is 8.93. The maximum atomic E-state index is 10.5. The standard InChI is InChI=1S/C24H29N5O/c1-23(2)11-18(12-24(3,4)29-23)28-22-15-26-20(14-27-22)19-8-7-16(10-21(19)30)17-6-5-9-25-13-17/h5-10,13-15,18,29-30H,11-12H2,1-4H3,(H,27,28). The number of aromatic hydroxyl groups is 1. The van der Waals surface area contributed by atoms with Crippen LogP contribution in [-0.2, 0) is 0 Å². The number of rotatable bonds is 4. The summed E-state index contributed by atoms with van der Waals surface area (Å²) in [5, 5.41) is 17.8. The van der Waals surface area contributed by atoms with Crippen LogP contribution in [0.1, 0.15) is 40.5 Å². The fourth-order valence-corrected chi connectivity index (χ4v) is 4.64. The van der Waals surface area contributed by atoms with Crippen molar-refractivity contribution in [3.05, 3.63) is 55.1 Å². The molecule has 0 aliphatic carbocycles. The van der Waals surface area contributed by atoms with Crippen LogP contribution in [0, 0.1) is 0 Å². The number of nitrogens with one attached hydrogen (secondary N) is 2. The smallest absolute Gasteiger partial charge is 0.144 e. The van der Waals surface area contributed by atoms with Crippen molar-refractivity contribution in [1.82, 2.24) is 20.3 Å². The molecular weight excluding hydrogens is 374 g/mol. The van der Waals surface area contributed by atoms with E-state index in [0.29, 0.717) is 17.3 Å². The number of hydrogen-bond acceptors (Lipinski definition) is 6. The topological polar surface area (TPSA) is 83.0 Å². The van der Waals surface area contributed by atoms with E-state index in [-0.39, 0.29) is 16.8 Å². The van der Waals surface area contributed by atoms with E-state index in [1.807, 2.05) is 24.3 Å². The molecular formula is C24H29N5O. The van der Waals surface area contributed by atoms with Gasteiger partial charge in [0.1, 0.15) is 11.6 Å². The molecule has 6 nitrogen and oxygen atoms in total. The third-order valence-corrected chi connectivity index (χ3v) is 5.46. The van der Waals surface area contributed by atoms with Crippen LogP contribution in [0.2, 0.25) is 0 Å². The summed E-state index contributed by atoms with van der Waals surface area (Å²) in [7, 11) is 0. The molecule has 30 heavy (non-hydrogen) atoms. The molecule has 0 saturated carbocycles. The molecule has 0 amide bonds. The van der Waals surface area contributed by atoms with Gasteiger partial charge in [-0.2, -0.15) is 0 Å². The summed E-state index contributed by atoms with van der Waals surface area (Å²) in [4.78, 5) is 13.2. The maximum Gasteiger partial charge on any atom is 0.144 e. The molecule has 3 N–H and O–H groups in total. The quantitative estimate of drug-likeness (QED) is 0.589. The summed E-state index contributed by atoms with van der Waals surface area (Å²) in [6.07, 6.45) is 8.98. The van der Waals surface area contributed by atoms with Crippen molar-refractivity contribution in [2.75, 3.05) is 5.32 Å². The molecule has 2 aromatic heterocycles. The van der Waals surface area contributed by atoms with Gasteiger partial charge in [-0.1, -0.05) is 12.1 Å². The van der Waals surface area contributed by atoms with Gasteiger partial charge in [-0.05, 0) is 64.3 Å². The minimum absolute atomic E-state index is 0.0641. The van der Waals surface area contributed by atoms with Gasteiger partial charge in [-0.25, -0.2) is 4.98 Å². The molecule has 0 atom stereocenters. The normalized spacial score (nSPS) is 18.1. The molecule has 156 valence electrons. The van der Waals surface area contributed by atoms with Crippen molar-refractivity contribution in [3.63, 3.8) is 0 Å². The van der Waals surface area contributed by atoms with Crippen molar-refractivity contribution in [1.29, 1.82) is 0 Å².